The van der Waals surface area contributed by atoms with Crippen molar-refractivity contribution in [3.63, 3.8) is 0 Å². The van der Waals surface area contributed by atoms with Crippen molar-refractivity contribution < 1.29 is 37.8 Å². The van der Waals surface area contributed by atoms with Gasteiger partial charge >= 0.3 is 5.97 Å². The second-order valence-electron chi connectivity index (χ2n) is 14.5. The number of aromatic nitrogens is 2. The molecule has 3 aliphatic rings. The zero-order chi connectivity index (χ0) is 34.8. The van der Waals surface area contributed by atoms with Gasteiger partial charge in [-0.05, 0) is 47.4 Å². The number of aryl methyl sites for hydroxylation is 1. The van der Waals surface area contributed by atoms with Gasteiger partial charge in [0.1, 0.15) is 29.6 Å². The lowest BCUT2D eigenvalue weighted by atomic mass is 9.72. The number of ether oxygens (including phenoxy) is 2. The summed E-state index contributed by atoms with van der Waals surface area (Å²) in [6.45, 7) is 9.41. The minimum Gasteiger partial charge on any atom is -0.469 e. The van der Waals surface area contributed by atoms with Crippen molar-refractivity contribution in [3.05, 3.63) is 82.8 Å². The standard InChI is InChI=1S/C37H40N4O8/c1-18(2)28(43)25(42)16-20-13-11-19-12-14-26-22(15-19)37(21-9-7-8-10-23(21)39-35(37)48-26)30-27(32-38-24(17-47-32)34(45)46-6)40-33(49-30)29(36(3,4)5)41-31(20)44/h7-10,12,14-15,17-18,20,28-29,35,39,43H,11,13,16H2,1-6H3,(H,41,44)/t20?,28-,29+,35?,37-/m0/s1. The maximum Gasteiger partial charge on any atom is 0.360 e. The lowest BCUT2D eigenvalue weighted by Gasteiger charge is -2.31. The number of para-hydroxylation sites is 1. The van der Waals surface area contributed by atoms with Crippen LogP contribution in [-0.2, 0) is 26.2 Å². The van der Waals surface area contributed by atoms with Crippen molar-refractivity contribution in [2.45, 2.75) is 77.7 Å². The number of nitrogens with zero attached hydrogens (tertiary/aromatic N) is 2. The number of oxazole rings is 2. The van der Waals surface area contributed by atoms with Gasteiger partial charge in [0.2, 0.25) is 17.7 Å². The predicted molar refractivity (Wildman–Crippen MR) is 177 cm³/mol. The van der Waals surface area contributed by atoms with Crippen LogP contribution in [0, 0.1) is 17.3 Å². The van der Waals surface area contributed by atoms with Crippen molar-refractivity contribution >= 4 is 23.3 Å². The summed E-state index contributed by atoms with van der Waals surface area (Å²) in [7, 11) is 1.26. The number of methoxy groups -OCH3 is 1. The van der Waals surface area contributed by atoms with Crippen LogP contribution in [0.1, 0.15) is 92.3 Å². The molecule has 1 spiro atoms. The van der Waals surface area contributed by atoms with E-state index in [2.05, 4.69) is 21.7 Å². The number of amides is 1. The van der Waals surface area contributed by atoms with Gasteiger partial charge in [-0.1, -0.05) is 65.0 Å². The first-order valence-corrected chi connectivity index (χ1v) is 16.6. The zero-order valence-corrected chi connectivity index (χ0v) is 28.3. The van der Waals surface area contributed by atoms with Gasteiger partial charge in [-0.15, -0.1) is 0 Å². The van der Waals surface area contributed by atoms with Gasteiger partial charge in [-0.3, -0.25) is 9.59 Å². The number of anilines is 1. The molecule has 4 aromatic rings. The van der Waals surface area contributed by atoms with Crippen LogP contribution in [0.3, 0.4) is 0 Å². The number of hydrogen-bond donors (Lipinski definition) is 3. The van der Waals surface area contributed by atoms with Gasteiger partial charge in [0, 0.05) is 23.6 Å². The summed E-state index contributed by atoms with van der Waals surface area (Å²) in [4.78, 5) is 49.2. The Balaban J connectivity index is 1.47. The maximum atomic E-state index is 14.2. The molecule has 4 bridgehead atoms. The third kappa shape index (κ3) is 5.29. The minimum atomic E-state index is -1.17. The molecule has 5 heterocycles. The van der Waals surface area contributed by atoms with E-state index >= 15 is 0 Å². The second-order valence-corrected chi connectivity index (χ2v) is 14.5. The topological polar surface area (TPSA) is 166 Å². The molecule has 3 aliphatic heterocycles. The van der Waals surface area contributed by atoms with Crippen LogP contribution in [-0.4, -0.2) is 52.2 Å². The monoisotopic (exact) mass is 668 g/mol. The van der Waals surface area contributed by atoms with Crippen LogP contribution < -0.4 is 15.4 Å². The number of benzene rings is 2. The van der Waals surface area contributed by atoms with Gasteiger partial charge in [0.05, 0.1) is 7.11 Å². The molecule has 49 heavy (non-hydrogen) atoms. The Kier molecular flexibility index (Phi) is 7.89. The van der Waals surface area contributed by atoms with E-state index < -0.39 is 41.1 Å². The second kappa shape index (κ2) is 11.9. The number of ketones is 1. The van der Waals surface area contributed by atoms with Crippen molar-refractivity contribution in [1.82, 2.24) is 15.3 Å². The molecule has 2 unspecified atom stereocenters. The maximum absolute atomic E-state index is 14.2. The zero-order valence-electron chi connectivity index (χ0n) is 28.3. The molecule has 0 radical (unpaired) electrons. The fourth-order valence-electron chi connectivity index (χ4n) is 7.15. The van der Waals surface area contributed by atoms with Crippen molar-refractivity contribution in [2.75, 3.05) is 12.4 Å². The summed E-state index contributed by atoms with van der Waals surface area (Å²) >= 11 is 0. The van der Waals surface area contributed by atoms with E-state index in [-0.39, 0.29) is 47.2 Å². The minimum absolute atomic E-state index is 0.0322. The SMILES string of the molecule is COC(=O)c1coc(-c2nc3oc2[C@@]24c5ccccc5NC2Oc2ccc(cc24)CCC(CC(=O)[C@@H](O)C(C)C)C(=O)N[C@H]3C(C)(C)C)n1. The van der Waals surface area contributed by atoms with Crippen LogP contribution >= 0.6 is 0 Å². The van der Waals surface area contributed by atoms with Crippen molar-refractivity contribution in [3.8, 4) is 17.3 Å². The Morgan fingerprint density at radius 3 is 2.61 bits per heavy atom. The Morgan fingerprint density at radius 1 is 1.10 bits per heavy atom. The summed E-state index contributed by atoms with van der Waals surface area (Å²) in [5.74, 6) is -1.17. The lowest BCUT2D eigenvalue weighted by Crippen LogP contribution is -2.41. The molecule has 2 aromatic heterocycles. The van der Waals surface area contributed by atoms with Gasteiger partial charge in [0.15, 0.2) is 29.2 Å². The Bertz CT molecular complexity index is 1950. The number of fused-ring (bicyclic) bond motifs is 4. The molecular formula is C37H40N4O8. The average molecular weight is 669 g/mol. The van der Waals surface area contributed by atoms with Crippen LogP contribution in [0.15, 0.2) is 57.6 Å². The Labute approximate surface area is 283 Å². The third-order valence-electron chi connectivity index (χ3n) is 9.81. The number of esters is 1. The summed E-state index contributed by atoms with van der Waals surface area (Å²) in [6, 6.07) is 13.0. The van der Waals surface area contributed by atoms with Crippen molar-refractivity contribution in [1.29, 1.82) is 0 Å². The first kappa shape index (κ1) is 32.6. The average Bonchev–Trinajstić information content (AvgIpc) is 3.84. The van der Waals surface area contributed by atoms with E-state index in [1.54, 1.807) is 13.8 Å². The van der Waals surface area contributed by atoms with Crippen LogP contribution in [0.5, 0.6) is 5.75 Å². The van der Waals surface area contributed by atoms with E-state index in [1.807, 2.05) is 57.2 Å². The number of rotatable bonds is 6. The molecule has 256 valence electrons. The van der Waals surface area contributed by atoms with E-state index in [0.29, 0.717) is 24.4 Å². The number of carbonyl (C=O) groups is 3. The quantitative estimate of drug-likeness (QED) is 0.227. The molecular weight excluding hydrogens is 628 g/mol. The highest BCUT2D eigenvalue weighted by Crippen LogP contribution is 2.59. The molecule has 1 amide bonds. The molecule has 12 heteroatoms. The summed E-state index contributed by atoms with van der Waals surface area (Å²) in [6.07, 6.45) is 0.142. The predicted octanol–water partition coefficient (Wildman–Crippen LogP) is 5.34. The molecule has 0 saturated heterocycles. The third-order valence-corrected chi connectivity index (χ3v) is 9.81. The van der Waals surface area contributed by atoms with Gasteiger partial charge in [-0.25, -0.2) is 14.8 Å². The number of nitrogens with one attached hydrogen (secondary N) is 2. The lowest BCUT2D eigenvalue weighted by molar-refractivity contribution is -0.135. The molecule has 0 aliphatic carbocycles. The van der Waals surface area contributed by atoms with E-state index in [9.17, 15) is 19.5 Å². The largest absolute Gasteiger partial charge is 0.469 e. The Morgan fingerprint density at radius 2 is 1.88 bits per heavy atom. The van der Waals surface area contributed by atoms with Crippen LogP contribution in [0.25, 0.3) is 11.6 Å². The highest BCUT2D eigenvalue weighted by atomic mass is 16.5. The molecule has 0 saturated carbocycles. The highest BCUT2D eigenvalue weighted by molar-refractivity contribution is 5.89. The smallest absolute Gasteiger partial charge is 0.360 e. The fraction of sp³-hybridized carbons (Fsp3) is 0.432. The highest BCUT2D eigenvalue weighted by Gasteiger charge is 2.61. The molecule has 3 N–H and O–H groups in total. The van der Waals surface area contributed by atoms with Crippen LogP contribution in [0.2, 0.25) is 0 Å². The number of carbonyl (C=O) groups excluding carboxylic acids is 3. The molecule has 5 atom stereocenters. The summed E-state index contributed by atoms with van der Waals surface area (Å²) in [5.41, 5.74) is 2.00. The molecule has 12 nitrogen and oxygen atoms in total. The first-order chi connectivity index (χ1) is 23.3. The number of aliphatic hydroxyl groups excluding tert-OH is 1. The van der Waals surface area contributed by atoms with Gasteiger partial charge < -0.3 is 34.0 Å². The van der Waals surface area contributed by atoms with Crippen molar-refractivity contribution in [2.24, 2.45) is 17.3 Å². The molecule has 2 aromatic carbocycles. The fourth-order valence-corrected chi connectivity index (χ4v) is 7.15. The number of aliphatic hydroxyl groups is 1. The molecule has 0 fully saturated rings. The number of hydrogen-bond acceptors (Lipinski definition) is 11. The summed E-state index contributed by atoms with van der Waals surface area (Å²) in [5, 5.41) is 17.3. The Hall–Kier alpha value is -4.97. The van der Waals surface area contributed by atoms with Crippen LogP contribution in [0.4, 0.5) is 5.69 Å². The summed E-state index contributed by atoms with van der Waals surface area (Å²) < 4.78 is 24.2. The normalized spacial score (nSPS) is 23.2. The van der Waals surface area contributed by atoms with E-state index in [4.69, 9.17) is 23.3 Å². The van der Waals surface area contributed by atoms with Gasteiger partial charge in [-0.2, -0.15) is 0 Å². The first-order valence-electron chi connectivity index (χ1n) is 16.6. The van der Waals surface area contributed by atoms with E-state index in [1.165, 1.54) is 13.4 Å². The number of Topliss-reactive ketones (excluding diaryl/α,β-unsaturated/α-hetero) is 1. The van der Waals surface area contributed by atoms with Gasteiger partial charge in [0.25, 0.3) is 0 Å². The molecule has 7 rings (SSSR count). The van der Waals surface area contributed by atoms with E-state index in [0.717, 1.165) is 22.4 Å².